The molecule has 0 amide bonds. The van der Waals surface area contributed by atoms with Crippen molar-refractivity contribution < 1.29 is 14.2 Å². The minimum Gasteiger partial charge on any atom is -0.456 e. The van der Waals surface area contributed by atoms with E-state index in [0.29, 0.717) is 25.0 Å². The van der Waals surface area contributed by atoms with Gasteiger partial charge in [0, 0.05) is 27.5 Å². The monoisotopic (exact) mass is 603 g/mol. The molecule has 0 aliphatic carbocycles. The highest BCUT2D eigenvalue weighted by atomic mass is 16.5. The molecule has 0 aliphatic heterocycles. The maximum atomic E-state index is 10.6. The number of nitrogens with zero attached hydrogens (tertiary/aromatic N) is 3. The van der Waals surface area contributed by atoms with Crippen LogP contribution in [-0.4, -0.2) is 38.7 Å². The third-order valence-electron chi connectivity index (χ3n) is 8.80. The Morgan fingerprint density at radius 3 is 1.74 bits per heavy atom. The molecule has 226 valence electrons. The first-order chi connectivity index (χ1) is 22.2. The lowest BCUT2D eigenvalue weighted by molar-refractivity contribution is -0.0893. The van der Waals surface area contributed by atoms with E-state index < -0.39 is 11.2 Å². The average Bonchev–Trinajstić information content (AvgIpc) is 3.46. The number of furan rings is 1. The second-order valence-corrected chi connectivity index (χ2v) is 12.6. The maximum absolute atomic E-state index is 10.6. The molecule has 1 N–H and O–H groups in total. The first-order valence-electron chi connectivity index (χ1n) is 15.4. The van der Waals surface area contributed by atoms with Crippen LogP contribution in [0.2, 0.25) is 0 Å². The Kier molecular flexibility index (Phi) is 7.51. The molecule has 0 unspecified atom stereocenters. The number of hydrogen-bond donors (Lipinski definition) is 1. The van der Waals surface area contributed by atoms with Crippen molar-refractivity contribution in [2.45, 2.75) is 38.9 Å². The van der Waals surface area contributed by atoms with Crippen molar-refractivity contribution >= 4 is 34.9 Å². The molecule has 5 aromatic carbocycles. The Morgan fingerprint density at radius 2 is 1.11 bits per heavy atom. The van der Waals surface area contributed by atoms with Gasteiger partial charge in [-0.2, -0.15) is 0 Å². The summed E-state index contributed by atoms with van der Waals surface area (Å²) in [5, 5.41) is 12.6. The summed E-state index contributed by atoms with van der Waals surface area (Å²) in [4.78, 5) is 14.7. The van der Waals surface area contributed by atoms with Crippen molar-refractivity contribution in [3.05, 3.63) is 121 Å². The molecule has 46 heavy (non-hydrogen) atoms. The Labute approximate surface area is 269 Å². The summed E-state index contributed by atoms with van der Waals surface area (Å²) in [6.07, 6.45) is 0. The van der Waals surface area contributed by atoms with Crippen LogP contribution in [0.25, 0.3) is 67.2 Å². The SMILES string of the molecule is CC(C)(O)C(C)(C)OBc1cccc2oc3ccc(-c4cccc(-c5nc(-c6ccccc6)nc(-c6ccccc6)n5)c4)cc3c12. The van der Waals surface area contributed by atoms with Crippen LogP contribution in [-0.2, 0) is 4.65 Å². The lowest BCUT2D eigenvalue weighted by atomic mass is 9.80. The number of aliphatic hydroxyl groups is 1. The van der Waals surface area contributed by atoms with Gasteiger partial charge in [-0.05, 0) is 68.6 Å². The third-order valence-corrected chi connectivity index (χ3v) is 8.80. The van der Waals surface area contributed by atoms with Crippen LogP contribution in [0.5, 0.6) is 0 Å². The highest BCUT2D eigenvalue weighted by Gasteiger charge is 2.36. The van der Waals surface area contributed by atoms with E-state index in [1.165, 1.54) is 0 Å². The maximum Gasteiger partial charge on any atom is 0.310 e. The number of rotatable bonds is 8. The standard InChI is InChI=1S/C39H34BN3O3/c1-38(2,44)39(3,4)46-40-31-19-12-20-33-34(31)30-24-28(21-22-32(30)45-33)27-17-11-18-29(23-27)37-42-35(25-13-7-5-8-14-25)41-36(43-37)26-15-9-6-10-16-26/h5-24,40,44H,1-4H3. The molecule has 6 nitrogen and oxygen atoms in total. The predicted octanol–water partition coefficient (Wildman–Crippen LogP) is 7.98. The molecule has 0 atom stereocenters. The summed E-state index contributed by atoms with van der Waals surface area (Å²) in [7, 11) is 0.343. The van der Waals surface area contributed by atoms with Crippen molar-refractivity contribution in [2.75, 3.05) is 0 Å². The smallest absolute Gasteiger partial charge is 0.310 e. The molecule has 0 spiro atoms. The topological polar surface area (TPSA) is 81.3 Å². The van der Waals surface area contributed by atoms with E-state index in [1.807, 2.05) is 105 Å². The van der Waals surface area contributed by atoms with Gasteiger partial charge in [0.05, 0.1) is 11.2 Å². The molecule has 7 aromatic rings. The summed E-state index contributed by atoms with van der Waals surface area (Å²) >= 11 is 0. The van der Waals surface area contributed by atoms with E-state index in [1.54, 1.807) is 13.8 Å². The fraction of sp³-hybridized carbons (Fsp3) is 0.154. The Balaban J connectivity index is 1.30. The highest BCUT2D eigenvalue weighted by molar-refractivity contribution is 6.52. The van der Waals surface area contributed by atoms with Crippen LogP contribution < -0.4 is 5.46 Å². The van der Waals surface area contributed by atoms with Gasteiger partial charge < -0.3 is 14.2 Å². The number of aromatic nitrogens is 3. The average molecular weight is 604 g/mol. The molecule has 7 rings (SSSR count). The van der Waals surface area contributed by atoms with Gasteiger partial charge in [0.25, 0.3) is 0 Å². The lowest BCUT2D eigenvalue weighted by Gasteiger charge is -2.37. The van der Waals surface area contributed by atoms with Crippen LogP contribution in [0.1, 0.15) is 27.7 Å². The highest BCUT2D eigenvalue weighted by Crippen LogP contribution is 2.34. The first-order valence-corrected chi connectivity index (χ1v) is 15.4. The molecule has 2 heterocycles. The summed E-state index contributed by atoms with van der Waals surface area (Å²) in [6.45, 7) is 7.35. The van der Waals surface area contributed by atoms with Crippen molar-refractivity contribution in [1.82, 2.24) is 15.0 Å². The molecule has 0 radical (unpaired) electrons. The van der Waals surface area contributed by atoms with Crippen LogP contribution in [0.4, 0.5) is 0 Å². The van der Waals surface area contributed by atoms with Gasteiger partial charge in [0.2, 0.25) is 0 Å². The zero-order valence-electron chi connectivity index (χ0n) is 26.4. The second-order valence-electron chi connectivity index (χ2n) is 12.6. The number of benzene rings is 5. The Hall–Kier alpha value is -5.11. The van der Waals surface area contributed by atoms with Crippen LogP contribution in [0, 0.1) is 0 Å². The lowest BCUT2D eigenvalue weighted by Crippen LogP contribution is -2.49. The van der Waals surface area contributed by atoms with Gasteiger partial charge in [-0.3, -0.25) is 0 Å². The third kappa shape index (κ3) is 5.71. The molecule has 0 aliphatic rings. The minimum absolute atomic E-state index is 0.343. The summed E-state index contributed by atoms with van der Waals surface area (Å²) in [5.74, 6) is 1.87. The molecule has 7 heteroatoms. The second kappa shape index (κ2) is 11.7. The van der Waals surface area contributed by atoms with Crippen LogP contribution in [0.15, 0.2) is 126 Å². The Morgan fingerprint density at radius 1 is 0.565 bits per heavy atom. The van der Waals surface area contributed by atoms with Crippen molar-refractivity contribution in [3.63, 3.8) is 0 Å². The van der Waals surface area contributed by atoms with E-state index in [2.05, 4.69) is 30.3 Å². The molecule has 2 aromatic heterocycles. The van der Waals surface area contributed by atoms with E-state index >= 15 is 0 Å². The molecular formula is C39H34BN3O3. The zero-order chi connectivity index (χ0) is 31.9. The molecule has 0 bridgehead atoms. The summed E-state index contributed by atoms with van der Waals surface area (Å²) < 4.78 is 12.5. The predicted molar refractivity (Wildman–Crippen MR) is 187 cm³/mol. The van der Waals surface area contributed by atoms with E-state index in [-0.39, 0.29) is 0 Å². The molecular weight excluding hydrogens is 569 g/mol. The fourth-order valence-corrected chi connectivity index (χ4v) is 5.41. The van der Waals surface area contributed by atoms with Crippen LogP contribution >= 0.6 is 0 Å². The van der Waals surface area contributed by atoms with Crippen LogP contribution in [0.3, 0.4) is 0 Å². The van der Waals surface area contributed by atoms with E-state index in [4.69, 9.17) is 24.0 Å². The number of fused-ring (bicyclic) bond motifs is 3. The van der Waals surface area contributed by atoms with Gasteiger partial charge in [0.15, 0.2) is 17.5 Å². The van der Waals surface area contributed by atoms with Gasteiger partial charge in [-0.1, -0.05) is 97.1 Å². The van der Waals surface area contributed by atoms with Gasteiger partial charge in [0.1, 0.15) is 11.2 Å². The molecule has 0 fully saturated rings. The molecule has 0 saturated heterocycles. The van der Waals surface area contributed by atoms with E-state index in [9.17, 15) is 5.11 Å². The summed E-state index contributed by atoms with van der Waals surface area (Å²) in [6, 6.07) is 40.6. The number of hydrogen-bond acceptors (Lipinski definition) is 6. The largest absolute Gasteiger partial charge is 0.456 e. The quantitative estimate of drug-likeness (QED) is 0.178. The Bertz CT molecular complexity index is 2110. The van der Waals surface area contributed by atoms with Gasteiger partial charge in [-0.25, -0.2) is 15.0 Å². The van der Waals surface area contributed by atoms with Crippen molar-refractivity contribution in [1.29, 1.82) is 0 Å². The zero-order valence-corrected chi connectivity index (χ0v) is 26.4. The van der Waals surface area contributed by atoms with Gasteiger partial charge >= 0.3 is 7.48 Å². The normalized spacial score (nSPS) is 12.1. The fourth-order valence-electron chi connectivity index (χ4n) is 5.41. The summed E-state index contributed by atoms with van der Waals surface area (Å²) in [5.41, 5.74) is 5.72. The van der Waals surface area contributed by atoms with Gasteiger partial charge in [-0.15, -0.1) is 0 Å². The molecule has 0 saturated carbocycles. The van der Waals surface area contributed by atoms with Crippen molar-refractivity contribution in [2.24, 2.45) is 0 Å². The minimum atomic E-state index is -1.00. The first kappa shape index (κ1) is 29.6. The van der Waals surface area contributed by atoms with Crippen molar-refractivity contribution in [3.8, 4) is 45.3 Å². The van der Waals surface area contributed by atoms with E-state index in [0.717, 1.165) is 55.2 Å².